The summed E-state index contributed by atoms with van der Waals surface area (Å²) in [4.78, 5) is 29.8. The maximum Gasteiger partial charge on any atom is 0.345 e. The number of nitrogens with one attached hydrogen (secondary N) is 1. The van der Waals surface area contributed by atoms with Crippen LogP contribution < -0.4 is 10.4 Å². The normalized spacial score (nSPS) is 10.5. The van der Waals surface area contributed by atoms with E-state index in [2.05, 4.69) is 9.97 Å². The lowest BCUT2D eigenvalue weighted by molar-refractivity contribution is 0.0693. The van der Waals surface area contributed by atoms with Gasteiger partial charge in [-0.1, -0.05) is 29.8 Å². The highest BCUT2D eigenvalue weighted by atomic mass is 35.5. The predicted molar refractivity (Wildman–Crippen MR) is 94.3 cm³/mol. The number of benzene rings is 2. The van der Waals surface area contributed by atoms with E-state index in [1.807, 2.05) is 0 Å². The number of hydrogen-bond acceptors (Lipinski definition) is 4. The molecule has 6 nitrogen and oxygen atoms in total. The molecule has 0 saturated carbocycles. The van der Waals surface area contributed by atoms with E-state index >= 15 is 0 Å². The number of halogens is 1. The lowest BCUT2D eigenvalue weighted by atomic mass is 10.1. The van der Waals surface area contributed by atoms with Gasteiger partial charge in [-0.3, -0.25) is 0 Å². The number of aromatic carboxylic acids is 1. The third kappa shape index (κ3) is 3.54. The highest BCUT2D eigenvalue weighted by Crippen LogP contribution is 2.28. The minimum Gasteiger partial charge on any atom is -0.496 e. The second-order valence-electron chi connectivity index (χ2n) is 5.21. The van der Waals surface area contributed by atoms with Gasteiger partial charge in [0.15, 0.2) is 0 Å². The van der Waals surface area contributed by atoms with Gasteiger partial charge < -0.3 is 14.8 Å². The molecule has 2 N–H and O–H groups in total. The molecule has 0 aliphatic rings. The molecule has 126 valence electrons. The van der Waals surface area contributed by atoms with Crippen LogP contribution in [0.2, 0.25) is 5.02 Å². The van der Waals surface area contributed by atoms with Crippen LogP contribution in [-0.2, 0) is 0 Å². The molecule has 0 spiro atoms. The first-order valence-electron chi connectivity index (χ1n) is 7.27. The Morgan fingerprint density at radius 2 is 1.80 bits per heavy atom. The third-order valence-corrected chi connectivity index (χ3v) is 3.88. The molecule has 0 unspecified atom stereocenters. The zero-order chi connectivity index (χ0) is 18.0. The summed E-state index contributed by atoms with van der Waals surface area (Å²) in [7, 11) is 1.38. The summed E-state index contributed by atoms with van der Waals surface area (Å²) in [5, 5.41) is 9.75. The van der Waals surface area contributed by atoms with E-state index in [4.69, 9.17) is 21.4 Å². The molecule has 2 aromatic carbocycles. The van der Waals surface area contributed by atoms with Crippen LogP contribution in [0.1, 0.15) is 10.4 Å². The van der Waals surface area contributed by atoms with Gasteiger partial charge in [-0.25, -0.2) is 9.59 Å². The summed E-state index contributed by atoms with van der Waals surface area (Å²) in [5.41, 5.74) is 1.86. The molecule has 3 rings (SSSR count). The highest BCUT2D eigenvalue weighted by Gasteiger charge is 2.13. The van der Waals surface area contributed by atoms with E-state index in [9.17, 15) is 9.59 Å². The maximum absolute atomic E-state index is 11.9. The van der Waals surface area contributed by atoms with Crippen molar-refractivity contribution in [1.82, 2.24) is 9.97 Å². The number of aromatic amines is 1. The van der Waals surface area contributed by atoms with Crippen LogP contribution in [0.25, 0.3) is 22.5 Å². The average molecular weight is 357 g/mol. The fourth-order valence-electron chi connectivity index (χ4n) is 2.42. The van der Waals surface area contributed by atoms with Gasteiger partial charge in [0, 0.05) is 10.6 Å². The molecule has 0 saturated heterocycles. The van der Waals surface area contributed by atoms with Crippen LogP contribution in [0, 0.1) is 0 Å². The topological polar surface area (TPSA) is 92.3 Å². The summed E-state index contributed by atoms with van der Waals surface area (Å²) in [5.74, 6) is -0.899. The van der Waals surface area contributed by atoms with Crippen molar-refractivity contribution in [2.75, 3.05) is 7.11 Å². The molecule has 25 heavy (non-hydrogen) atoms. The largest absolute Gasteiger partial charge is 0.496 e. The fourth-order valence-corrected chi connectivity index (χ4v) is 2.54. The van der Waals surface area contributed by atoms with Crippen molar-refractivity contribution < 1.29 is 14.6 Å². The van der Waals surface area contributed by atoms with Gasteiger partial charge in [0.2, 0.25) is 0 Å². The second-order valence-corrected chi connectivity index (χ2v) is 5.65. The van der Waals surface area contributed by atoms with E-state index in [0.29, 0.717) is 22.0 Å². The predicted octanol–water partition coefficient (Wildman–Crippen LogP) is 3.46. The average Bonchev–Trinajstić information content (AvgIpc) is 2.61. The quantitative estimate of drug-likeness (QED) is 0.746. The number of rotatable bonds is 4. The van der Waals surface area contributed by atoms with Gasteiger partial charge in [-0.05, 0) is 35.9 Å². The first-order valence-corrected chi connectivity index (χ1v) is 7.65. The van der Waals surface area contributed by atoms with Crippen LogP contribution >= 0.6 is 11.6 Å². The Kier molecular flexibility index (Phi) is 4.54. The molecule has 1 heterocycles. The number of aromatic nitrogens is 2. The van der Waals surface area contributed by atoms with Gasteiger partial charge in [-0.15, -0.1) is 0 Å². The molecule has 0 atom stereocenters. The Labute approximate surface area is 147 Å². The molecular formula is C18H13ClN2O4. The SMILES string of the molecule is COc1cc(-c2cc(-c3ccc(Cl)cc3)[nH]c(=O)n2)ccc1C(=O)O. The van der Waals surface area contributed by atoms with E-state index < -0.39 is 11.7 Å². The molecule has 0 fully saturated rings. The van der Waals surface area contributed by atoms with Crippen LogP contribution in [-0.4, -0.2) is 28.2 Å². The Morgan fingerprint density at radius 3 is 2.44 bits per heavy atom. The molecule has 0 aliphatic carbocycles. The maximum atomic E-state index is 11.9. The van der Waals surface area contributed by atoms with E-state index in [1.165, 1.54) is 19.2 Å². The Balaban J connectivity index is 2.10. The first-order chi connectivity index (χ1) is 12.0. The van der Waals surface area contributed by atoms with Gasteiger partial charge in [0.25, 0.3) is 0 Å². The second kappa shape index (κ2) is 6.78. The van der Waals surface area contributed by atoms with Gasteiger partial charge in [-0.2, -0.15) is 4.98 Å². The highest BCUT2D eigenvalue weighted by molar-refractivity contribution is 6.30. The lowest BCUT2D eigenvalue weighted by Crippen LogP contribution is -2.12. The molecule has 0 aliphatic heterocycles. The van der Waals surface area contributed by atoms with Crippen LogP contribution in [0.4, 0.5) is 0 Å². The lowest BCUT2D eigenvalue weighted by Gasteiger charge is -2.09. The van der Waals surface area contributed by atoms with Gasteiger partial charge in [0.1, 0.15) is 11.3 Å². The number of carboxylic acids is 1. The van der Waals surface area contributed by atoms with E-state index in [0.717, 1.165) is 5.56 Å². The zero-order valence-electron chi connectivity index (χ0n) is 13.1. The van der Waals surface area contributed by atoms with Gasteiger partial charge in [0.05, 0.1) is 18.5 Å². The molecule has 0 bridgehead atoms. The number of ether oxygens (including phenoxy) is 1. The van der Waals surface area contributed by atoms with Crippen molar-refractivity contribution >= 4 is 17.6 Å². The van der Waals surface area contributed by atoms with E-state index in [-0.39, 0.29) is 11.3 Å². The first kappa shape index (κ1) is 16.7. The number of carboxylic acid groups (broad SMARTS) is 1. The number of carbonyl (C=O) groups is 1. The van der Waals surface area contributed by atoms with Crippen LogP contribution in [0.3, 0.4) is 0 Å². The Hall–Kier alpha value is -3.12. The number of hydrogen-bond donors (Lipinski definition) is 2. The monoisotopic (exact) mass is 356 g/mol. The standard InChI is InChI=1S/C18H13ClN2O4/c1-25-16-8-11(4-7-13(16)17(22)23)15-9-14(20-18(24)21-15)10-2-5-12(19)6-3-10/h2-9H,1H3,(H,22,23)(H,20,21,24). The number of H-pyrrole nitrogens is 1. The summed E-state index contributed by atoms with van der Waals surface area (Å²) in [6.45, 7) is 0. The summed E-state index contributed by atoms with van der Waals surface area (Å²) in [6, 6.07) is 13.3. The third-order valence-electron chi connectivity index (χ3n) is 3.63. The minimum absolute atomic E-state index is 0.0361. The number of nitrogens with zero attached hydrogens (tertiary/aromatic N) is 1. The molecule has 0 amide bonds. The number of methoxy groups -OCH3 is 1. The van der Waals surface area contributed by atoms with Crippen molar-refractivity contribution in [1.29, 1.82) is 0 Å². The van der Waals surface area contributed by atoms with E-state index in [1.54, 1.807) is 36.4 Å². The summed E-state index contributed by atoms with van der Waals surface area (Å²) < 4.78 is 5.12. The Morgan fingerprint density at radius 1 is 1.12 bits per heavy atom. The molecule has 7 heteroatoms. The van der Waals surface area contributed by atoms with Crippen molar-refractivity contribution in [3.05, 3.63) is 69.6 Å². The van der Waals surface area contributed by atoms with Crippen LogP contribution in [0.5, 0.6) is 5.75 Å². The minimum atomic E-state index is -1.09. The Bertz CT molecular complexity index is 997. The van der Waals surface area contributed by atoms with Crippen molar-refractivity contribution in [2.24, 2.45) is 0 Å². The summed E-state index contributed by atoms with van der Waals surface area (Å²) in [6.07, 6.45) is 0. The fraction of sp³-hybridized carbons (Fsp3) is 0.0556. The van der Waals surface area contributed by atoms with Crippen molar-refractivity contribution in [2.45, 2.75) is 0 Å². The van der Waals surface area contributed by atoms with Crippen molar-refractivity contribution in [3.63, 3.8) is 0 Å². The molecular weight excluding hydrogens is 344 g/mol. The van der Waals surface area contributed by atoms with Crippen molar-refractivity contribution in [3.8, 4) is 28.3 Å². The molecule has 3 aromatic rings. The smallest absolute Gasteiger partial charge is 0.345 e. The van der Waals surface area contributed by atoms with Crippen LogP contribution in [0.15, 0.2) is 53.3 Å². The molecule has 0 radical (unpaired) electrons. The zero-order valence-corrected chi connectivity index (χ0v) is 13.9. The molecule has 1 aromatic heterocycles. The summed E-state index contributed by atoms with van der Waals surface area (Å²) >= 11 is 5.89. The van der Waals surface area contributed by atoms with Gasteiger partial charge >= 0.3 is 11.7 Å².